The molecule has 1 amide bonds. The third-order valence-corrected chi connectivity index (χ3v) is 6.64. The third kappa shape index (κ3) is 5.33. The van der Waals surface area contributed by atoms with E-state index in [1.165, 1.54) is 11.3 Å². The first-order valence-electron chi connectivity index (χ1n) is 11.5. The molecule has 0 bridgehead atoms. The molecule has 3 heterocycles. The standard InChI is InChI=1S/C27H28N4O3S/c1-5-21-24(31-25(32)16(2)3)20(14-17-6-8-19(34-4)9-7-17)23(26(33)29-21)22-15-35-27(30-22)18-10-12-28-13-11-18/h6-13,15-16H,5,14H2,1-4H3,(H,29,33)(H,31,32). The zero-order chi connectivity index (χ0) is 24.9. The first kappa shape index (κ1) is 24.3. The number of hydrogen-bond donors (Lipinski definition) is 2. The molecule has 1 aromatic carbocycles. The summed E-state index contributed by atoms with van der Waals surface area (Å²) in [6, 6.07) is 11.5. The van der Waals surface area contributed by atoms with Crippen LogP contribution in [0.2, 0.25) is 0 Å². The molecular formula is C27H28N4O3S. The summed E-state index contributed by atoms with van der Waals surface area (Å²) in [5, 5.41) is 5.76. The molecule has 0 aliphatic rings. The Bertz CT molecular complexity index is 1380. The van der Waals surface area contributed by atoms with E-state index in [2.05, 4.69) is 15.3 Å². The zero-order valence-electron chi connectivity index (χ0n) is 20.2. The summed E-state index contributed by atoms with van der Waals surface area (Å²) >= 11 is 1.47. The van der Waals surface area contributed by atoms with Gasteiger partial charge in [0, 0.05) is 41.4 Å². The topological polar surface area (TPSA) is 97.0 Å². The molecule has 7 nitrogen and oxygen atoms in total. The zero-order valence-corrected chi connectivity index (χ0v) is 21.0. The van der Waals surface area contributed by atoms with Crippen molar-refractivity contribution in [3.63, 3.8) is 0 Å². The SMILES string of the molecule is CCc1[nH]c(=O)c(-c2csc(-c3ccncc3)n2)c(Cc2ccc(OC)cc2)c1NC(=O)C(C)C. The van der Waals surface area contributed by atoms with E-state index < -0.39 is 0 Å². The Balaban J connectivity index is 1.89. The van der Waals surface area contributed by atoms with Gasteiger partial charge in [0.15, 0.2) is 0 Å². The van der Waals surface area contributed by atoms with Crippen molar-refractivity contribution in [1.82, 2.24) is 15.0 Å². The van der Waals surface area contributed by atoms with Gasteiger partial charge in [0.2, 0.25) is 5.91 Å². The number of H-pyrrole nitrogens is 1. The van der Waals surface area contributed by atoms with E-state index in [1.54, 1.807) is 19.5 Å². The Labute approximate surface area is 208 Å². The molecule has 180 valence electrons. The highest BCUT2D eigenvalue weighted by Gasteiger charge is 2.23. The van der Waals surface area contributed by atoms with E-state index in [0.717, 1.165) is 27.4 Å². The molecule has 0 fully saturated rings. The van der Waals surface area contributed by atoms with Gasteiger partial charge in [-0.1, -0.05) is 32.9 Å². The van der Waals surface area contributed by atoms with Crippen LogP contribution in [0.1, 0.15) is 37.6 Å². The molecule has 0 aliphatic carbocycles. The number of nitrogens with one attached hydrogen (secondary N) is 2. The van der Waals surface area contributed by atoms with Crippen LogP contribution >= 0.6 is 11.3 Å². The molecular weight excluding hydrogens is 460 g/mol. The Kier molecular flexibility index (Phi) is 7.41. The van der Waals surface area contributed by atoms with Crippen molar-refractivity contribution in [3.8, 4) is 27.6 Å². The highest BCUT2D eigenvalue weighted by Crippen LogP contribution is 2.34. The lowest BCUT2D eigenvalue weighted by Gasteiger charge is -2.19. The number of aromatic nitrogens is 3. The van der Waals surface area contributed by atoms with E-state index >= 15 is 0 Å². The van der Waals surface area contributed by atoms with Gasteiger partial charge < -0.3 is 15.0 Å². The molecule has 0 spiro atoms. The Morgan fingerprint density at radius 1 is 1.14 bits per heavy atom. The van der Waals surface area contributed by atoms with Gasteiger partial charge in [0.1, 0.15) is 10.8 Å². The lowest BCUT2D eigenvalue weighted by atomic mass is 9.95. The van der Waals surface area contributed by atoms with Gasteiger partial charge in [-0.2, -0.15) is 0 Å². The van der Waals surface area contributed by atoms with E-state index in [0.29, 0.717) is 35.5 Å². The van der Waals surface area contributed by atoms with Crippen molar-refractivity contribution in [1.29, 1.82) is 0 Å². The van der Waals surface area contributed by atoms with Crippen LogP contribution in [0.5, 0.6) is 5.75 Å². The predicted octanol–water partition coefficient (Wildman–Crippen LogP) is 5.32. The summed E-state index contributed by atoms with van der Waals surface area (Å²) in [5.41, 5.74) is 4.84. The average Bonchev–Trinajstić information content (AvgIpc) is 3.36. The van der Waals surface area contributed by atoms with Gasteiger partial charge in [-0.15, -0.1) is 11.3 Å². The summed E-state index contributed by atoms with van der Waals surface area (Å²) in [7, 11) is 1.62. The van der Waals surface area contributed by atoms with Crippen molar-refractivity contribution < 1.29 is 9.53 Å². The van der Waals surface area contributed by atoms with Gasteiger partial charge in [0.05, 0.1) is 24.1 Å². The monoisotopic (exact) mass is 488 g/mol. The maximum Gasteiger partial charge on any atom is 0.258 e. The second-order valence-corrected chi connectivity index (χ2v) is 9.32. The largest absolute Gasteiger partial charge is 0.497 e. The van der Waals surface area contributed by atoms with Crippen molar-refractivity contribution in [2.45, 2.75) is 33.6 Å². The highest BCUT2D eigenvalue weighted by atomic mass is 32.1. The second-order valence-electron chi connectivity index (χ2n) is 8.46. The Hall–Kier alpha value is -3.78. The van der Waals surface area contributed by atoms with Gasteiger partial charge in [-0.25, -0.2) is 4.98 Å². The summed E-state index contributed by atoms with van der Waals surface area (Å²) in [6.07, 6.45) is 4.45. The number of ether oxygens (including phenoxy) is 1. The first-order chi connectivity index (χ1) is 16.9. The number of benzene rings is 1. The Morgan fingerprint density at radius 3 is 2.49 bits per heavy atom. The molecule has 0 aliphatic heterocycles. The molecule has 8 heteroatoms. The fourth-order valence-electron chi connectivity index (χ4n) is 3.80. The maximum absolute atomic E-state index is 13.4. The van der Waals surface area contributed by atoms with E-state index in [-0.39, 0.29) is 17.4 Å². The molecule has 4 aromatic rings. The average molecular weight is 489 g/mol. The summed E-state index contributed by atoms with van der Waals surface area (Å²) in [4.78, 5) is 38.0. The number of pyridine rings is 2. The minimum atomic E-state index is -0.223. The van der Waals surface area contributed by atoms with Crippen molar-refractivity contribution in [2.75, 3.05) is 12.4 Å². The number of aromatic amines is 1. The molecule has 2 N–H and O–H groups in total. The van der Waals surface area contributed by atoms with Crippen LogP contribution in [0.15, 0.2) is 59.0 Å². The normalized spacial score (nSPS) is 11.0. The molecule has 0 unspecified atom stereocenters. The summed E-state index contributed by atoms with van der Waals surface area (Å²) in [6.45, 7) is 5.65. The Morgan fingerprint density at radius 2 is 1.86 bits per heavy atom. The maximum atomic E-state index is 13.4. The molecule has 0 saturated heterocycles. The molecule has 0 atom stereocenters. The lowest BCUT2D eigenvalue weighted by Crippen LogP contribution is -2.24. The van der Waals surface area contributed by atoms with Crippen molar-refractivity contribution in [2.24, 2.45) is 5.92 Å². The van der Waals surface area contributed by atoms with Gasteiger partial charge in [-0.05, 0) is 41.8 Å². The molecule has 0 saturated carbocycles. The fourth-order valence-corrected chi connectivity index (χ4v) is 4.62. The number of hydrogen-bond acceptors (Lipinski definition) is 6. The third-order valence-electron chi connectivity index (χ3n) is 5.75. The van der Waals surface area contributed by atoms with Crippen LogP contribution in [0.25, 0.3) is 21.8 Å². The number of aryl methyl sites for hydroxylation is 1. The van der Waals surface area contributed by atoms with Crippen LogP contribution in [0.4, 0.5) is 5.69 Å². The minimum Gasteiger partial charge on any atom is -0.497 e. The summed E-state index contributed by atoms with van der Waals surface area (Å²) in [5.74, 6) is 0.440. The minimum absolute atomic E-state index is 0.107. The number of rotatable bonds is 8. The molecule has 3 aromatic heterocycles. The van der Waals surface area contributed by atoms with Crippen molar-refractivity contribution in [3.05, 3.63) is 81.3 Å². The van der Waals surface area contributed by atoms with E-state index in [4.69, 9.17) is 9.72 Å². The quantitative estimate of drug-likeness (QED) is 0.350. The fraction of sp³-hybridized carbons (Fsp3) is 0.259. The molecule has 35 heavy (non-hydrogen) atoms. The summed E-state index contributed by atoms with van der Waals surface area (Å²) < 4.78 is 5.29. The van der Waals surface area contributed by atoms with Crippen LogP contribution in [-0.2, 0) is 17.6 Å². The van der Waals surface area contributed by atoms with E-state index in [9.17, 15) is 9.59 Å². The van der Waals surface area contributed by atoms with Gasteiger partial charge in [0.25, 0.3) is 5.56 Å². The number of amides is 1. The number of nitrogens with zero attached hydrogens (tertiary/aromatic N) is 2. The highest BCUT2D eigenvalue weighted by molar-refractivity contribution is 7.13. The number of carbonyl (C=O) groups is 1. The van der Waals surface area contributed by atoms with Crippen LogP contribution in [-0.4, -0.2) is 28.0 Å². The molecule has 4 rings (SSSR count). The van der Waals surface area contributed by atoms with Crippen LogP contribution in [0.3, 0.4) is 0 Å². The van der Waals surface area contributed by atoms with Gasteiger partial charge in [-0.3, -0.25) is 14.6 Å². The number of thiazole rings is 1. The number of methoxy groups -OCH3 is 1. The smallest absolute Gasteiger partial charge is 0.258 e. The van der Waals surface area contributed by atoms with E-state index in [1.807, 2.05) is 62.5 Å². The van der Waals surface area contributed by atoms with Crippen LogP contribution in [0, 0.1) is 5.92 Å². The van der Waals surface area contributed by atoms with Crippen LogP contribution < -0.4 is 15.6 Å². The predicted molar refractivity (Wildman–Crippen MR) is 140 cm³/mol. The lowest BCUT2D eigenvalue weighted by molar-refractivity contribution is -0.118. The van der Waals surface area contributed by atoms with Crippen molar-refractivity contribution >= 4 is 22.9 Å². The second kappa shape index (κ2) is 10.7. The molecule has 0 radical (unpaired) electrons. The first-order valence-corrected chi connectivity index (χ1v) is 12.4. The number of anilines is 1. The van der Waals surface area contributed by atoms with Gasteiger partial charge >= 0.3 is 0 Å². The number of carbonyl (C=O) groups excluding carboxylic acids is 1.